The topological polar surface area (TPSA) is 25.2 Å². The summed E-state index contributed by atoms with van der Waals surface area (Å²) in [4.78, 5) is 0. The Balaban J connectivity index is 2.36. The molecule has 2 nitrogen and oxygen atoms in total. The predicted octanol–water partition coefficient (Wildman–Crippen LogP) is 5.33. The summed E-state index contributed by atoms with van der Waals surface area (Å²) >= 11 is 18.0. The highest BCUT2D eigenvalue weighted by Gasteiger charge is 2.19. The lowest BCUT2D eigenvalue weighted by atomic mass is 10.0. The standard InChI is InChI=1S/C14H14Cl3NO/c1-2-7-18-14(12-5-6-13(17)19-12)10-4-3-9(15)8-11(10)16/h3-6,8,14,18H,2,7H2,1H3. The van der Waals surface area contributed by atoms with Crippen molar-refractivity contribution in [1.82, 2.24) is 5.32 Å². The van der Waals surface area contributed by atoms with Crippen LogP contribution in [-0.2, 0) is 0 Å². The average molecular weight is 319 g/mol. The van der Waals surface area contributed by atoms with E-state index in [1.807, 2.05) is 18.2 Å². The van der Waals surface area contributed by atoms with E-state index < -0.39 is 0 Å². The second-order valence-electron chi connectivity index (χ2n) is 4.19. The van der Waals surface area contributed by atoms with Crippen LogP contribution in [0.5, 0.6) is 0 Å². The van der Waals surface area contributed by atoms with Gasteiger partial charge in [-0.05, 0) is 54.4 Å². The summed E-state index contributed by atoms with van der Waals surface area (Å²) in [5, 5.41) is 4.98. The van der Waals surface area contributed by atoms with E-state index in [-0.39, 0.29) is 6.04 Å². The number of rotatable bonds is 5. The molecule has 0 saturated heterocycles. The molecule has 0 aliphatic carbocycles. The van der Waals surface area contributed by atoms with Gasteiger partial charge >= 0.3 is 0 Å². The molecule has 1 aromatic heterocycles. The van der Waals surface area contributed by atoms with Crippen molar-refractivity contribution in [2.75, 3.05) is 6.54 Å². The van der Waals surface area contributed by atoms with Crippen molar-refractivity contribution in [2.45, 2.75) is 19.4 Å². The maximum Gasteiger partial charge on any atom is 0.193 e. The molecule has 2 rings (SSSR count). The van der Waals surface area contributed by atoms with E-state index >= 15 is 0 Å². The number of hydrogen-bond acceptors (Lipinski definition) is 2. The maximum absolute atomic E-state index is 6.26. The molecule has 1 aromatic carbocycles. The van der Waals surface area contributed by atoms with Crippen molar-refractivity contribution >= 4 is 34.8 Å². The molecular formula is C14H14Cl3NO. The van der Waals surface area contributed by atoms with Crippen LogP contribution in [0.3, 0.4) is 0 Å². The third kappa shape index (κ3) is 3.67. The largest absolute Gasteiger partial charge is 0.448 e. The van der Waals surface area contributed by atoms with Crippen molar-refractivity contribution in [3.63, 3.8) is 0 Å². The minimum absolute atomic E-state index is 0.128. The Morgan fingerprint density at radius 1 is 1.16 bits per heavy atom. The summed E-state index contributed by atoms with van der Waals surface area (Å²) in [6.07, 6.45) is 1.01. The summed E-state index contributed by atoms with van der Waals surface area (Å²) < 4.78 is 5.49. The summed E-state index contributed by atoms with van der Waals surface area (Å²) in [5.41, 5.74) is 0.922. The molecule has 0 saturated carbocycles. The first-order valence-corrected chi connectivity index (χ1v) is 7.18. The van der Waals surface area contributed by atoms with E-state index in [0.29, 0.717) is 15.3 Å². The minimum Gasteiger partial charge on any atom is -0.448 e. The van der Waals surface area contributed by atoms with Gasteiger partial charge in [0.2, 0.25) is 0 Å². The number of halogens is 3. The molecule has 19 heavy (non-hydrogen) atoms. The number of hydrogen-bond donors (Lipinski definition) is 1. The molecule has 0 fully saturated rings. The molecule has 102 valence electrons. The van der Waals surface area contributed by atoms with Gasteiger partial charge in [0, 0.05) is 10.0 Å². The fourth-order valence-corrected chi connectivity index (χ4v) is 2.54. The van der Waals surface area contributed by atoms with Crippen LogP contribution in [0.25, 0.3) is 0 Å². The zero-order valence-corrected chi connectivity index (χ0v) is 12.7. The first-order valence-electron chi connectivity index (χ1n) is 6.05. The molecule has 0 bridgehead atoms. The zero-order valence-electron chi connectivity index (χ0n) is 10.4. The van der Waals surface area contributed by atoms with Crippen molar-refractivity contribution in [3.05, 3.63) is 56.9 Å². The van der Waals surface area contributed by atoms with Crippen molar-refractivity contribution in [3.8, 4) is 0 Å². The Kier molecular flexibility index (Phi) is 5.17. The number of furan rings is 1. The average Bonchev–Trinajstić information content (AvgIpc) is 2.78. The molecule has 1 N–H and O–H groups in total. The van der Waals surface area contributed by atoms with Gasteiger partial charge in [0.25, 0.3) is 0 Å². The van der Waals surface area contributed by atoms with E-state index in [2.05, 4.69) is 12.2 Å². The van der Waals surface area contributed by atoms with Gasteiger partial charge in [-0.1, -0.05) is 36.2 Å². The van der Waals surface area contributed by atoms with E-state index in [9.17, 15) is 0 Å². The van der Waals surface area contributed by atoms with Gasteiger partial charge in [-0.3, -0.25) is 0 Å². The van der Waals surface area contributed by atoms with E-state index in [1.54, 1.807) is 12.1 Å². The van der Waals surface area contributed by atoms with Gasteiger partial charge in [-0.2, -0.15) is 0 Å². The Morgan fingerprint density at radius 2 is 1.95 bits per heavy atom. The van der Waals surface area contributed by atoms with Crippen LogP contribution in [0.1, 0.15) is 30.7 Å². The SMILES string of the molecule is CCCNC(c1ccc(Cl)o1)c1ccc(Cl)cc1Cl. The molecule has 1 atom stereocenters. The third-order valence-electron chi connectivity index (χ3n) is 2.75. The maximum atomic E-state index is 6.26. The van der Waals surface area contributed by atoms with Crippen LogP contribution in [0.2, 0.25) is 15.3 Å². The molecule has 0 aliphatic rings. The molecule has 1 heterocycles. The Labute approximate surface area is 127 Å². The van der Waals surface area contributed by atoms with E-state index in [1.165, 1.54) is 0 Å². The van der Waals surface area contributed by atoms with Gasteiger partial charge in [0.05, 0.1) is 6.04 Å². The van der Waals surface area contributed by atoms with Crippen LogP contribution >= 0.6 is 34.8 Å². The number of benzene rings is 1. The summed E-state index contributed by atoms with van der Waals surface area (Å²) in [7, 11) is 0. The van der Waals surface area contributed by atoms with Crippen molar-refractivity contribution < 1.29 is 4.42 Å². The smallest absolute Gasteiger partial charge is 0.193 e. The third-order valence-corrected chi connectivity index (χ3v) is 3.52. The molecule has 0 amide bonds. The Hall–Kier alpha value is -0.670. The van der Waals surface area contributed by atoms with Crippen molar-refractivity contribution in [2.24, 2.45) is 0 Å². The lowest BCUT2D eigenvalue weighted by Gasteiger charge is -2.18. The molecule has 0 radical (unpaired) electrons. The van der Waals surface area contributed by atoms with Crippen LogP contribution in [0.15, 0.2) is 34.7 Å². The van der Waals surface area contributed by atoms with Crippen LogP contribution in [0.4, 0.5) is 0 Å². The first kappa shape index (κ1) is 14.7. The second-order valence-corrected chi connectivity index (χ2v) is 5.41. The molecular weight excluding hydrogens is 305 g/mol. The number of nitrogens with one attached hydrogen (secondary N) is 1. The van der Waals surface area contributed by atoms with Crippen LogP contribution < -0.4 is 5.32 Å². The lowest BCUT2D eigenvalue weighted by Crippen LogP contribution is -2.23. The summed E-state index contributed by atoms with van der Waals surface area (Å²) in [6.45, 7) is 2.95. The Bertz CT molecular complexity index is 553. The Morgan fingerprint density at radius 3 is 2.53 bits per heavy atom. The monoisotopic (exact) mass is 317 g/mol. The fourth-order valence-electron chi connectivity index (χ4n) is 1.87. The molecule has 1 unspecified atom stereocenters. The van der Waals surface area contributed by atoms with Crippen molar-refractivity contribution in [1.29, 1.82) is 0 Å². The van der Waals surface area contributed by atoms with E-state index in [4.69, 9.17) is 39.2 Å². The summed E-state index contributed by atoms with van der Waals surface area (Å²) in [6, 6.07) is 8.88. The lowest BCUT2D eigenvalue weighted by molar-refractivity contribution is 0.448. The first-order chi connectivity index (χ1) is 9.11. The minimum atomic E-state index is -0.128. The molecule has 5 heteroatoms. The predicted molar refractivity (Wildman–Crippen MR) is 80.3 cm³/mol. The fraction of sp³-hybridized carbons (Fsp3) is 0.286. The van der Waals surface area contributed by atoms with Gasteiger partial charge in [0.1, 0.15) is 5.76 Å². The van der Waals surface area contributed by atoms with E-state index in [0.717, 1.165) is 24.3 Å². The quantitative estimate of drug-likeness (QED) is 0.806. The van der Waals surface area contributed by atoms with Gasteiger partial charge in [-0.25, -0.2) is 0 Å². The summed E-state index contributed by atoms with van der Waals surface area (Å²) in [5.74, 6) is 0.739. The highest BCUT2D eigenvalue weighted by atomic mass is 35.5. The van der Waals surface area contributed by atoms with Crippen LogP contribution in [-0.4, -0.2) is 6.54 Å². The zero-order chi connectivity index (χ0) is 13.8. The van der Waals surface area contributed by atoms with Gasteiger partial charge < -0.3 is 9.73 Å². The molecule has 2 aromatic rings. The normalized spacial score (nSPS) is 12.6. The van der Waals surface area contributed by atoms with Gasteiger partial charge in [0.15, 0.2) is 5.22 Å². The molecule has 0 spiro atoms. The molecule has 0 aliphatic heterocycles. The highest BCUT2D eigenvalue weighted by molar-refractivity contribution is 6.35. The van der Waals surface area contributed by atoms with Gasteiger partial charge in [-0.15, -0.1) is 0 Å². The van der Waals surface area contributed by atoms with Crippen LogP contribution in [0, 0.1) is 0 Å². The second kappa shape index (κ2) is 6.67. The highest BCUT2D eigenvalue weighted by Crippen LogP contribution is 2.32.